The largest absolute Gasteiger partial charge is 0.304 e. The molecule has 2 heterocycles. The summed E-state index contributed by atoms with van der Waals surface area (Å²) in [6.07, 6.45) is 7.98. The van der Waals surface area contributed by atoms with Gasteiger partial charge in [0.2, 0.25) is 5.91 Å². The molecule has 3 fully saturated rings. The molecule has 1 N–H and O–H groups in total. The Bertz CT molecular complexity index is 398. The van der Waals surface area contributed by atoms with E-state index in [1.54, 1.807) is 7.05 Å². The van der Waals surface area contributed by atoms with Gasteiger partial charge in [-0.15, -0.1) is 0 Å². The fourth-order valence-corrected chi connectivity index (χ4v) is 4.13. The van der Waals surface area contributed by atoms with Crippen molar-refractivity contribution >= 4 is 11.7 Å². The van der Waals surface area contributed by atoms with Crippen LogP contribution in [0.25, 0.3) is 0 Å². The van der Waals surface area contributed by atoms with Crippen molar-refractivity contribution in [2.75, 3.05) is 20.1 Å². The number of amidine groups is 1. The predicted octanol–water partition coefficient (Wildman–Crippen LogP) is 2.49. The summed E-state index contributed by atoms with van der Waals surface area (Å²) in [5.41, 5.74) is 0.00307. The van der Waals surface area contributed by atoms with Crippen LogP contribution in [-0.2, 0) is 4.79 Å². The lowest BCUT2D eigenvalue weighted by molar-refractivity contribution is -0.132. The molecule has 1 amide bonds. The highest BCUT2D eigenvalue weighted by Gasteiger charge is 2.44. The third kappa shape index (κ3) is 2.39. The Balaban J connectivity index is 1.70. The molecule has 4 heteroatoms. The Kier molecular flexibility index (Phi) is 3.61. The van der Waals surface area contributed by atoms with Crippen LogP contribution in [0.2, 0.25) is 0 Å². The number of piperidine rings is 2. The summed E-state index contributed by atoms with van der Waals surface area (Å²) in [5.74, 6) is 1.21. The van der Waals surface area contributed by atoms with E-state index in [2.05, 4.69) is 11.8 Å². The highest BCUT2D eigenvalue weighted by Crippen LogP contribution is 2.44. The first kappa shape index (κ1) is 14.1. The Morgan fingerprint density at radius 1 is 1.20 bits per heavy atom. The fourth-order valence-electron chi connectivity index (χ4n) is 4.13. The minimum Gasteiger partial charge on any atom is -0.304 e. The second kappa shape index (κ2) is 5.14. The number of likely N-dealkylation sites (tertiary alicyclic amines) is 2. The van der Waals surface area contributed by atoms with Gasteiger partial charge in [0.15, 0.2) is 0 Å². The maximum absolute atomic E-state index is 12.1. The first-order chi connectivity index (χ1) is 9.49. The molecule has 1 unspecified atom stereocenters. The summed E-state index contributed by atoms with van der Waals surface area (Å²) < 4.78 is 0. The number of rotatable bonds is 2. The van der Waals surface area contributed by atoms with Crippen LogP contribution in [0.1, 0.15) is 51.9 Å². The molecule has 4 nitrogen and oxygen atoms in total. The van der Waals surface area contributed by atoms with Gasteiger partial charge in [-0.05, 0) is 43.6 Å². The molecule has 3 rings (SSSR count). The standard InChI is InChI=1S/C16H27N3O/c1-16(9-14(17)18(2)15(20)10-16)12-5-4-8-19(11-12)13-6-3-7-13/h12-13,17H,3-11H2,1-2H3/t12?,16-/m0/s1. The average molecular weight is 277 g/mol. The van der Waals surface area contributed by atoms with Crippen LogP contribution in [0.15, 0.2) is 0 Å². The van der Waals surface area contributed by atoms with Crippen molar-refractivity contribution in [2.45, 2.75) is 57.9 Å². The van der Waals surface area contributed by atoms with E-state index in [-0.39, 0.29) is 11.3 Å². The van der Waals surface area contributed by atoms with Gasteiger partial charge in [0, 0.05) is 32.5 Å². The summed E-state index contributed by atoms with van der Waals surface area (Å²) in [6, 6.07) is 0.808. The molecule has 0 bridgehead atoms. The van der Waals surface area contributed by atoms with Crippen LogP contribution >= 0.6 is 0 Å². The Morgan fingerprint density at radius 2 is 1.95 bits per heavy atom. The van der Waals surface area contributed by atoms with E-state index in [0.29, 0.717) is 18.2 Å². The van der Waals surface area contributed by atoms with Crippen LogP contribution in [0.5, 0.6) is 0 Å². The minimum atomic E-state index is 0.00307. The van der Waals surface area contributed by atoms with Crippen LogP contribution < -0.4 is 0 Å². The Morgan fingerprint density at radius 3 is 2.55 bits per heavy atom. The Hall–Kier alpha value is -0.900. The van der Waals surface area contributed by atoms with Gasteiger partial charge in [0.05, 0.1) is 0 Å². The van der Waals surface area contributed by atoms with Gasteiger partial charge < -0.3 is 9.80 Å². The lowest BCUT2D eigenvalue weighted by Gasteiger charge is -2.49. The van der Waals surface area contributed by atoms with Crippen molar-refractivity contribution in [3.05, 3.63) is 0 Å². The van der Waals surface area contributed by atoms with E-state index in [1.165, 1.54) is 43.5 Å². The molecule has 112 valence electrons. The van der Waals surface area contributed by atoms with Crippen molar-refractivity contribution in [3.8, 4) is 0 Å². The Labute approximate surface area is 122 Å². The summed E-state index contributed by atoms with van der Waals surface area (Å²) in [5, 5.41) is 8.07. The number of amides is 1. The van der Waals surface area contributed by atoms with Gasteiger partial charge in [0.25, 0.3) is 0 Å². The van der Waals surface area contributed by atoms with E-state index >= 15 is 0 Å². The molecule has 0 radical (unpaired) electrons. The third-order valence-electron chi connectivity index (χ3n) is 5.93. The molecule has 0 aromatic heterocycles. The van der Waals surface area contributed by atoms with Gasteiger partial charge in [0.1, 0.15) is 5.84 Å². The summed E-state index contributed by atoms with van der Waals surface area (Å²) in [6.45, 7) is 4.62. The van der Waals surface area contributed by atoms with Crippen LogP contribution in [0, 0.1) is 16.7 Å². The van der Waals surface area contributed by atoms with Crippen LogP contribution in [0.3, 0.4) is 0 Å². The van der Waals surface area contributed by atoms with Gasteiger partial charge >= 0.3 is 0 Å². The second-order valence-electron chi connectivity index (χ2n) is 7.33. The second-order valence-corrected chi connectivity index (χ2v) is 7.33. The number of nitrogens with one attached hydrogen (secondary N) is 1. The zero-order chi connectivity index (χ0) is 14.3. The maximum atomic E-state index is 12.1. The van der Waals surface area contributed by atoms with E-state index in [0.717, 1.165) is 19.0 Å². The van der Waals surface area contributed by atoms with Gasteiger partial charge in [-0.2, -0.15) is 0 Å². The van der Waals surface area contributed by atoms with Crippen molar-refractivity contribution in [1.29, 1.82) is 5.41 Å². The molecule has 0 spiro atoms. The van der Waals surface area contributed by atoms with E-state index in [4.69, 9.17) is 5.41 Å². The topological polar surface area (TPSA) is 47.4 Å². The first-order valence-electron chi connectivity index (χ1n) is 8.08. The molecule has 1 aliphatic carbocycles. The lowest BCUT2D eigenvalue weighted by Crippen LogP contribution is -2.53. The summed E-state index contributed by atoms with van der Waals surface area (Å²) in [7, 11) is 1.74. The fraction of sp³-hybridized carbons (Fsp3) is 0.875. The highest BCUT2D eigenvalue weighted by atomic mass is 16.2. The lowest BCUT2D eigenvalue weighted by atomic mass is 9.66. The molecule has 2 saturated heterocycles. The van der Waals surface area contributed by atoms with Gasteiger partial charge in [-0.25, -0.2) is 0 Å². The normalized spacial score (nSPS) is 37.1. The van der Waals surface area contributed by atoms with E-state index < -0.39 is 0 Å². The van der Waals surface area contributed by atoms with Crippen molar-refractivity contribution in [2.24, 2.45) is 11.3 Å². The maximum Gasteiger partial charge on any atom is 0.228 e. The van der Waals surface area contributed by atoms with Crippen molar-refractivity contribution < 1.29 is 4.79 Å². The monoisotopic (exact) mass is 277 g/mol. The van der Waals surface area contributed by atoms with E-state index in [9.17, 15) is 4.79 Å². The van der Waals surface area contributed by atoms with Gasteiger partial charge in [-0.1, -0.05) is 13.3 Å². The van der Waals surface area contributed by atoms with Crippen LogP contribution in [0.4, 0.5) is 0 Å². The zero-order valence-electron chi connectivity index (χ0n) is 12.8. The number of hydrogen-bond acceptors (Lipinski definition) is 3. The van der Waals surface area contributed by atoms with Crippen molar-refractivity contribution in [3.63, 3.8) is 0 Å². The number of hydrogen-bond donors (Lipinski definition) is 1. The highest BCUT2D eigenvalue weighted by molar-refractivity contribution is 5.99. The summed E-state index contributed by atoms with van der Waals surface area (Å²) >= 11 is 0. The van der Waals surface area contributed by atoms with Crippen LogP contribution in [-0.4, -0.2) is 47.7 Å². The molecule has 1 saturated carbocycles. The molecule has 2 atom stereocenters. The van der Waals surface area contributed by atoms with Crippen molar-refractivity contribution in [1.82, 2.24) is 9.80 Å². The molecule has 2 aliphatic heterocycles. The zero-order valence-corrected chi connectivity index (χ0v) is 12.8. The number of carbonyl (C=O) groups excluding carboxylic acids is 1. The third-order valence-corrected chi connectivity index (χ3v) is 5.93. The quantitative estimate of drug-likeness (QED) is 0.843. The summed E-state index contributed by atoms with van der Waals surface area (Å²) in [4.78, 5) is 16.3. The SMILES string of the molecule is CN1C(=N)C[C@](C)(C2CCCN(C3CCC3)C2)CC1=O. The molecule has 20 heavy (non-hydrogen) atoms. The van der Waals surface area contributed by atoms with E-state index in [1.807, 2.05) is 0 Å². The number of nitrogens with zero attached hydrogens (tertiary/aromatic N) is 2. The molecule has 0 aromatic rings. The first-order valence-corrected chi connectivity index (χ1v) is 8.08. The molecule has 0 aromatic carbocycles. The smallest absolute Gasteiger partial charge is 0.228 e. The molecular weight excluding hydrogens is 250 g/mol. The predicted molar refractivity (Wildman–Crippen MR) is 79.8 cm³/mol. The van der Waals surface area contributed by atoms with Gasteiger partial charge in [-0.3, -0.25) is 10.2 Å². The number of carbonyl (C=O) groups is 1. The average Bonchev–Trinajstić information content (AvgIpc) is 2.34. The molecular formula is C16H27N3O. The molecule has 3 aliphatic rings. The minimum absolute atomic E-state index is 0.00307.